The number of aliphatic hydroxyl groups is 1. The van der Waals surface area contributed by atoms with Crippen molar-refractivity contribution in [3.8, 4) is 0 Å². The molecule has 1 fully saturated rings. The van der Waals surface area contributed by atoms with Gasteiger partial charge in [0.2, 0.25) is 0 Å². The van der Waals surface area contributed by atoms with E-state index < -0.39 is 5.60 Å². The van der Waals surface area contributed by atoms with Gasteiger partial charge in [-0.3, -0.25) is 0 Å². The van der Waals surface area contributed by atoms with Crippen LogP contribution < -0.4 is 0 Å². The van der Waals surface area contributed by atoms with E-state index in [1.807, 2.05) is 0 Å². The van der Waals surface area contributed by atoms with Crippen molar-refractivity contribution in [1.82, 2.24) is 0 Å². The van der Waals surface area contributed by atoms with Gasteiger partial charge in [0, 0.05) is 0 Å². The second-order valence-corrected chi connectivity index (χ2v) is 5.32. The highest BCUT2D eigenvalue weighted by atomic mass is 16.3. The summed E-state index contributed by atoms with van der Waals surface area (Å²) in [5.74, 6) is 0.464. The van der Waals surface area contributed by atoms with Crippen LogP contribution in [0.1, 0.15) is 53.4 Å². The van der Waals surface area contributed by atoms with Gasteiger partial charge in [-0.2, -0.15) is 0 Å². The minimum atomic E-state index is -0.425. The van der Waals surface area contributed by atoms with Crippen molar-refractivity contribution >= 4 is 0 Å². The first-order chi connectivity index (χ1) is 5.38. The van der Waals surface area contributed by atoms with E-state index in [9.17, 15) is 5.11 Å². The van der Waals surface area contributed by atoms with Crippen molar-refractivity contribution in [3.63, 3.8) is 0 Å². The van der Waals surface area contributed by atoms with Crippen LogP contribution in [-0.2, 0) is 0 Å². The van der Waals surface area contributed by atoms with Crippen LogP contribution >= 0.6 is 0 Å². The molecule has 0 spiro atoms. The van der Waals surface area contributed by atoms with E-state index in [4.69, 9.17) is 0 Å². The van der Waals surface area contributed by atoms with Gasteiger partial charge in [0.25, 0.3) is 0 Å². The van der Waals surface area contributed by atoms with E-state index in [1.165, 1.54) is 19.3 Å². The van der Waals surface area contributed by atoms with Gasteiger partial charge in [-0.1, -0.05) is 40.5 Å². The Morgan fingerprint density at radius 3 is 2.17 bits per heavy atom. The van der Waals surface area contributed by atoms with Gasteiger partial charge >= 0.3 is 0 Å². The van der Waals surface area contributed by atoms with E-state index in [0.29, 0.717) is 5.92 Å². The summed E-state index contributed by atoms with van der Waals surface area (Å²) in [4.78, 5) is 0. The first kappa shape index (κ1) is 10.0. The largest absolute Gasteiger partial charge is 0.389 e. The van der Waals surface area contributed by atoms with Crippen molar-refractivity contribution in [2.24, 2.45) is 11.3 Å². The lowest BCUT2D eigenvalue weighted by Gasteiger charge is -2.47. The fraction of sp³-hybridized carbons (Fsp3) is 1.00. The summed E-state index contributed by atoms with van der Waals surface area (Å²) < 4.78 is 0. The third-order valence-electron chi connectivity index (χ3n) is 3.56. The fourth-order valence-electron chi connectivity index (χ4n) is 2.44. The summed E-state index contributed by atoms with van der Waals surface area (Å²) in [6, 6.07) is 0. The Kier molecular flexibility index (Phi) is 2.53. The van der Waals surface area contributed by atoms with Gasteiger partial charge in [-0.15, -0.1) is 0 Å². The highest BCUT2D eigenvalue weighted by Crippen LogP contribution is 2.45. The Balaban J connectivity index is 2.79. The zero-order chi connectivity index (χ0) is 9.41. The first-order valence-electron chi connectivity index (χ1n) is 5.10. The van der Waals surface area contributed by atoms with Crippen LogP contribution in [0.25, 0.3) is 0 Å². The molecule has 0 aromatic carbocycles. The van der Waals surface area contributed by atoms with E-state index in [0.717, 1.165) is 6.42 Å². The summed E-state index contributed by atoms with van der Waals surface area (Å²) in [6.07, 6.45) is 4.66. The molecular formula is C11H22O. The highest BCUT2D eigenvalue weighted by Gasteiger charge is 2.45. The van der Waals surface area contributed by atoms with Crippen molar-refractivity contribution in [2.75, 3.05) is 0 Å². The molecule has 1 aliphatic rings. The molecule has 0 aliphatic heterocycles. The Bertz CT molecular complexity index is 157. The van der Waals surface area contributed by atoms with Crippen LogP contribution in [0.4, 0.5) is 0 Å². The van der Waals surface area contributed by atoms with E-state index in [1.54, 1.807) is 0 Å². The van der Waals surface area contributed by atoms with Gasteiger partial charge < -0.3 is 5.11 Å². The third kappa shape index (κ3) is 1.52. The molecule has 0 amide bonds. The molecule has 72 valence electrons. The molecule has 0 unspecified atom stereocenters. The average Bonchev–Trinajstić information content (AvgIpc) is 1.93. The number of hydrogen-bond acceptors (Lipinski definition) is 1. The van der Waals surface area contributed by atoms with Gasteiger partial charge in [0.1, 0.15) is 0 Å². The van der Waals surface area contributed by atoms with Crippen LogP contribution in [0.15, 0.2) is 0 Å². The molecule has 12 heavy (non-hydrogen) atoms. The van der Waals surface area contributed by atoms with Crippen LogP contribution in [-0.4, -0.2) is 10.7 Å². The molecule has 0 radical (unpaired) electrons. The quantitative estimate of drug-likeness (QED) is 0.592. The standard InChI is InChI=1S/C11H22O/c1-9-7-5-6-8-11(9,12)10(2,3)4/h9,12H,5-8H2,1-4H3/t9-,11-/m1/s1. The zero-order valence-corrected chi connectivity index (χ0v) is 8.85. The maximum atomic E-state index is 10.5. The summed E-state index contributed by atoms with van der Waals surface area (Å²) >= 11 is 0. The number of hydrogen-bond donors (Lipinski definition) is 1. The molecule has 1 saturated carbocycles. The minimum Gasteiger partial charge on any atom is -0.389 e. The van der Waals surface area contributed by atoms with Crippen molar-refractivity contribution < 1.29 is 5.11 Å². The van der Waals surface area contributed by atoms with Gasteiger partial charge in [-0.25, -0.2) is 0 Å². The molecule has 1 rings (SSSR count). The highest BCUT2D eigenvalue weighted by molar-refractivity contribution is 4.96. The Labute approximate surface area is 76.2 Å². The fourth-order valence-corrected chi connectivity index (χ4v) is 2.44. The molecule has 0 bridgehead atoms. The van der Waals surface area contributed by atoms with Gasteiger partial charge in [0.05, 0.1) is 5.60 Å². The molecule has 0 aromatic rings. The molecule has 2 atom stereocenters. The van der Waals surface area contributed by atoms with Crippen LogP contribution in [0.5, 0.6) is 0 Å². The SMILES string of the molecule is C[C@@H]1CCCC[C@]1(O)C(C)(C)C. The van der Waals surface area contributed by atoms with Crippen LogP contribution in [0.3, 0.4) is 0 Å². The molecule has 0 heterocycles. The lowest BCUT2D eigenvalue weighted by molar-refractivity contribution is -0.121. The third-order valence-corrected chi connectivity index (χ3v) is 3.56. The lowest BCUT2D eigenvalue weighted by atomic mass is 9.63. The maximum Gasteiger partial charge on any atom is 0.0721 e. The predicted molar refractivity (Wildman–Crippen MR) is 52.0 cm³/mol. The van der Waals surface area contributed by atoms with E-state index >= 15 is 0 Å². The molecule has 0 aromatic heterocycles. The van der Waals surface area contributed by atoms with Crippen molar-refractivity contribution in [1.29, 1.82) is 0 Å². The zero-order valence-electron chi connectivity index (χ0n) is 8.85. The van der Waals surface area contributed by atoms with E-state index in [2.05, 4.69) is 27.7 Å². The molecule has 0 saturated heterocycles. The topological polar surface area (TPSA) is 20.2 Å². The monoisotopic (exact) mass is 170 g/mol. The average molecular weight is 170 g/mol. The summed E-state index contributed by atoms with van der Waals surface area (Å²) in [5, 5.41) is 10.5. The van der Waals surface area contributed by atoms with E-state index in [-0.39, 0.29) is 5.41 Å². The molecular weight excluding hydrogens is 148 g/mol. The normalized spacial score (nSPS) is 38.2. The van der Waals surface area contributed by atoms with Crippen LogP contribution in [0, 0.1) is 11.3 Å². The summed E-state index contributed by atoms with van der Waals surface area (Å²) in [5.41, 5.74) is -0.391. The Morgan fingerprint density at radius 2 is 1.83 bits per heavy atom. The predicted octanol–water partition coefficient (Wildman–Crippen LogP) is 2.97. The van der Waals surface area contributed by atoms with Crippen molar-refractivity contribution in [3.05, 3.63) is 0 Å². The molecule has 1 heteroatoms. The molecule has 1 nitrogen and oxygen atoms in total. The summed E-state index contributed by atoms with van der Waals surface area (Å²) in [7, 11) is 0. The molecule has 1 N–H and O–H groups in total. The van der Waals surface area contributed by atoms with Gasteiger partial charge in [-0.05, 0) is 24.2 Å². The number of rotatable bonds is 0. The second kappa shape index (κ2) is 3.02. The molecule has 1 aliphatic carbocycles. The maximum absolute atomic E-state index is 10.5. The summed E-state index contributed by atoms with van der Waals surface area (Å²) in [6.45, 7) is 8.63. The Morgan fingerprint density at radius 1 is 1.25 bits per heavy atom. The van der Waals surface area contributed by atoms with Crippen molar-refractivity contribution in [2.45, 2.75) is 59.0 Å². The minimum absolute atomic E-state index is 0.0346. The Hall–Kier alpha value is -0.0400. The first-order valence-corrected chi connectivity index (χ1v) is 5.10. The second-order valence-electron chi connectivity index (χ2n) is 5.32. The smallest absolute Gasteiger partial charge is 0.0721 e. The lowest BCUT2D eigenvalue weighted by Crippen LogP contribution is -2.49. The van der Waals surface area contributed by atoms with Gasteiger partial charge in [0.15, 0.2) is 0 Å². The van der Waals surface area contributed by atoms with Crippen LogP contribution in [0.2, 0.25) is 0 Å².